The summed E-state index contributed by atoms with van der Waals surface area (Å²) in [6.45, 7) is 4.75. The Hall–Kier alpha value is -1.91. The number of aryl methyl sites for hydroxylation is 3. The highest BCUT2D eigenvalue weighted by atomic mass is 16.1. The quantitative estimate of drug-likeness (QED) is 0.752. The van der Waals surface area contributed by atoms with E-state index in [2.05, 4.69) is 17.1 Å². The van der Waals surface area contributed by atoms with Gasteiger partial charge < -0.3 is 0 Å². The topological polar surface area (TPSA) is 52.7 Å². The minimum Gasteiger partial charge on any atom is -0.288 e. The van der Waals surface area contributed by atoms with Crippen molar-refractivity contribution in [1.29, 1.82) is 0 Å². The molecule has 5 nitrogen and oxygen atoms in total. The normalized spacial score (nSPS) is 10.8. The molecular weight excluding hydrogens is 216 g/mol. The van der Waals surface area contributed by atoms with Gasteiger partial charge in [-0.1, -0.05) is 6.92 Å². The third-order valence-electron chi connectivity index (χ3n) is 2.61. The Morgan fingerprint density at radius 3 is 2.76 bits per heavy atom. The van der Waals surface area contributed by atoms with Crippen LogP contribution in [0.4, 0.5) is 0 Å². The molecule has 2 aromatic heterocycles. The molecule has 0 saturated heterocycles. The summed E-state index contributed by atoms with van der Waals surface area (Å²) in [6.07, 6.45) is 6.15. The number of carbonyl (C=O) groups is 1. The van der Waals surface area contributed by atoms with Gasteiger partial charge in [-0.15, -0.1) is 0 Å². The van der Waals surface area contributed by atoms with Crippen molar-refractivity contribution in [1.82, 2.24) is 19.6 Å². The van der Waals surface area contributed by atoms with E-state index in [4.69, 9.17) is 0 Å². The van der Waals surface area contributed by atoms with Crippen molar-refractivity contribution in [3.05, 3.63) is 35.4 Å². The van der Waals surface area contributed by atoms with Gasteiger partial charge in [-0.3, -0.25) is 14.2 Å². The summed E-state index contributed by atoms with van der Waals surface area (Å²) in [5.41, 5.74) is 2.01. The molecule has 0 aromatic carbocycles. The molecule has 0 aliphatic heterocycles. The molecule has 0 spiro atoms. The molecule has 0 fully saturated rings. The van der Waals surface area contributed by atoms with Gasteiger partial charge in [-0.05, 0) is 13.3 Å². The van der Waals surface area contributed by atoms with Crippen LogP contribution in [-0.2, 0) is 13.6 Å². The van der Waals surface area contributed by atoms with Crippen LogP contribution in [0.3, 0.4) is 0 Å². The third-order valence-corrected chi connectivity index (χ3v) is 2.61. The van der Waals surface area contributed by atoms with Crippen molar-refractivity contribution in [3.8, 4) is 0 Å². The molecule has 0 aliphatic carbocycles. The largest absolute Gasteiger partial charge is 0.288 e. The van der Waals surface area contributed by atoms with Crippen LogP contribution in [0.2, 0.25) is 0 Å². The van der Waals surface area contributed by atoms with Crippen LogP contribution in [0, 0.1) is 6.92 Å². The van der Waals surface area contributed by atoms with E-state index in [1.54, 1.807) is 28.0 Å². The van der Waals surface area contributed by atoms with Crippen molar-refractivity contribution >= 4 is 5.78 Å². The lowest BCUT2D eigenvalue weighted by Gasteiger charge is -1.96. The molecule has 0 atom stereocenters. The second-order valence-corrected chi connectivity index (χ2v) is 4.12. The number of carbonyl (C=O) groups excluding carboxylic acids is 1. The number of rotatable bonds is 4. The number of ketones is 1. The highest BCUT2D eigenvalue weighted by Crippen LogP contribution is 2.12. The lowest BCUT2D eigenvalue weighted by molar-refractivity contribution is 0.103. The zero-order chi connectivity index (χ0) is 12.4. The third kappa shape index (κ3) is 2.27. The van der Waals surface area contributed by atoms with E-state index in [0.29, 0.717) is 11.1 Å². The number of nitrogens with zero attached hydrogens (tertiary/aromatic N) is 4. The van der Waals surface area contributed by atoms with E-state index in [9.17, 15) is 4.79 Å². The summed E-state index contributed by atoms with van der Waals surface area (Å²) in [5, 5.41) is 8.33. The molecule has 0 unspecified atom stereocenters. The first-order valence-electron chi connectivity index (χ1n) is 5.69. The zero-order valence-corrected chi connectivity index (χ0v) is 10.3. The van der Waals surface area contributed by atoms with Crippen LogP contribution in [0.1, 0.15) is 35.0 Å². The van der Waals surface area contributed by atoms with Crippen LogP contribution in [0.25, 0.3) is 0 Å². The van der Waals surface area contributed by atoms with Gasteiger partial charge in [-0.2, -0.15) is 10.2 Å². The number of hydrogen-bond acceptors (Lipinski definition) is 3. The summed E-state index contributed by atoms with van der Waals surface area (Å²) in [4.78, 5) is 12.2. The first kappa shape index (κ1) is 11.6. The van der Waals surface area contributed by atoms with Gasteiger partial charge in [0.2, 0.25) is 0 Å². The average Bonchev–Trinajstić information content (AvgIpc) is 2.85. The summed E-state index contributed by atoms with van der Waals surface area (Å²) < 4.78 is 3.44. The lowest BCUT2D eigenvalue weighted by Crippen LogP contribution is -2.01. The summed E-state index contributed by atoms with van der Waals surface area (Å²) in [6, 6.07) is 0. The first-order chi connectivity index (χ1) is 8.11. The maximum Gasteiger partial charge on any atom is 0.199 e. The molecule has 17 heavy (non-hydrogen) atoms. The SMILES string of the molecule is CCCn1cc(C(=O)c2cn(C)nc2C)cn1. The molecule has 2 heterocycles. The van der Waals surface area contributed by atoms with Crippen LogP contribution in [-0.4, -0.2) is 25.3 Å². The summed E-state index contributed by atoms with van der Waals surface area (Å²) >= 11 is 0. The smallest absolute Gasteiger partial charge is 0.199 e. The molecule has 5 heteroatoms. The van der Waals surface area contributed by atoms with E-state index in [-0.39, 0.29) is 5.78 Å². The van der Waals surface area contributed by atoms with Gasteiger partial charge in [0.1, 0.15) is 0 Å². The second-order valence-electron chi connectivity index (χ2n) is 4.12. The Morgan fingerprint density at radius 1 is 1.41 bits per heavy atom. The average molecular weight is 232 g/mol. The van der Waals surface area contributed by atoms with Crippen molar-refractivity contribution in [2.75, 3.05) is 0 Å². The van der Waals surface area contributed by atoms with Gasteiger partial charge >= 0.3 is 0 Å². The molecule has 2 rings (SSSR count). The molecule has 0 saturated carbocycles. The van der Waals surface area contributed by atoms with Crippen LogP contribution in [0.5, 0.6) is 0 Å². The highest BCUT2D eigenvalue weighted by molar-refractivity contribution is 6.09. The Labute approximate surface area is 100 Å². The van der Waals surface area contributed by atoms with E-state index < -0.39 is 0 Å². The van der Waals surface area contributed by atoms with Crippen LogP contribution >= 0.6 is 0 Å². The molecular formula is C12H16N4O. The Balaban J connectivity index is 2.27. The van der Waals surface area contributed by atoms with Gasteiger partial charge in [-0.25, -0.2) is 0 Å². The molecule has 0 N–H and O–H groups in total. The molecule has 0 aliphatic rings. The van der Waals surface area contributed by atoms with Crippen molar-refractivity contribution < 1.29 is 4.79 Å². The van der Waals surface area contributed by atoms with Gasteiger partial charge in [0, 0.05) is 26.0 Å². The van der Waals surface area contributed by atoms with Crippen LogP contribution < -0.4 is 0 Å². The van der Waals surface area contributed by atoms with Crippen molar-refractivity contribution in [2.45, 2.75) is 26.8 Å². The maximum absolute atomic E-state index is 12.2. The standard InChI is InChI=1S/C12H16N4O/c1-4-5-16-7-10(6-13-16)12(17)11-8-15(3)14-9(11)2/h6-8H,4-5H2,1-3H3. The highest BCUT2D eigenvalue weighted by Gasteiger charge is 2.16. The fourth-order valence-corrected chi connectivity index (χ4v) is 1.81. The number of hydrogen-bond donors (Lipinski definition) is 0. The second kappa shape index (κ2) is 4.53. The molecule has 90 valence electrons. The summed E-state index contributed by atoms with van der Waals surface area (Å²) in [5.74, 6) is -0.0158. The Morgan fingerprint density at radius 2 is 2.18 bits per heavy atom. The fraction of sp³-hybridized carbons (Fsp3) is 0.417. The predicted molar refractivity (Wildman–Crippen MR) is 63.9 cm³/mol. The Bertz CT molecular complexity index is 538. The fourth-order valence-electron chi connectivity index (χ4n) is 1.81. The van der Waals surface area contributed by atoms with E-state index >= 15 is 0 Å². The van der Waals surface area contributed by atoms with Crippen LogP contribution in [0.15, 0.2) is 18.6 Å². The Kier molecular flexibility index (Phi) is 3.08. The molecule has 0 bridgehead atoms. The van der Waals surface area contributed by atoms with Gasteiger partial charge in [0.05, 0.1) is 23.0 Å². The first-order valence-corrected chi connectivity index (χ1v) is 5.69. The molecule has 2 aromatic rings. The van der Waals surface area contributed by atoms with Crippen molar-refractivity contribution in [3.63, 3.8) is 0 Å². The van der Waals surface area contributed by atoms with E-state index in [1.165, 1.54) is 0 Å². The zero-order valence-electron chi connectivity index (χ0n) is 10.3. The predicted octanol–water partition coefficient (Wildman–Crippen LogP) is 1.57. The molecule has 0 amide bonds. The molecule has 0 radical (unpaired) electrons. The monoisotopic (exact) mass is 232 g/mol. The lowest BCUT2D eigenvalue weighted by atomic mass is 10.1. The van der Waals surface area contributed by atoms with Gasteiger partial charge in [0.15, 0.2) is 5.78 Å². The van der Waals surface area contributed by atoms with E-state index in [1.807, 2.05) is 14.0 Å². The minimum atomic E-state index is -0.0158. The minimum absolute atomic E-state index is 0.0158. The number of aromatic nitrogens is 4. The van der Waals surface area contributed by atoms with Crippen molar-refractivity contribution in [2.24, 2.45) is 7.05 Å². The van der Waals surface area contributed by atoms with Gasteiger partial charge in [0.25, 0.3) is 0 Å². The van der Waals surface area contributed by atoms with E-state index in [0.717, 1.165) is 18.7 Å². The maximum atomic E-state index is 12.2. The summed E-state index contributed by atoms with van der Waals surface area (Å²) in [7, 11) is 1.81.